The van der Waals surface area contributed by atoms with E-state index >= 15 is 0 Å². The van der Waals surface area contributed by atoms with E-state index in [-0.39, 0.29) is 12.1 Å². The van der Waals surface area contributed by atoms with Gasteiger partial charge in [-0.1, -0.05) is 42.5 Å². The minimum absolute atomic E-state index is 0.0798. The first-order chi connectivity index (χ1) is 11.9. The van der Waals surface area contributed by atoms with Crippen LogP contribution in [0.25, 0.3) is 0 Å². The number of benzene rings is 2. The largest absolute Gasteiger partial charge is 0.456 e. The molecule has 0 saturated carbocycles. The Morgan fingerprint density at radius 3 is 2.28 bits per heavy atom. The summed E-state index contributed by atoms with van der Waals surface area (Å²) in [4.78, 5) is 23.3. The molecule has 0 fully saturated rings. The first-order valence-electron chi connectivity index (χ1n) is 7.52. The normalized spacial score (nSPS) is 11.0. The lowest BCUT2D eigenvalue weighted by atomic mass is 10.1. The van der Waals surface area contributed by atoms with Crippen molar-refractivity contribution >= 4 is 17.6 Å². The highest BCUT2D eigenvalue weighted by molar-refractivity contribution is 5.93. The highest BCUT2D eigenvalue weighted by Gasteiger charge is 2.33. The van der Waals surface area contributed by atoms with E-state index in [4.69, 9.17) is 4.74 Å². The molecular weight excluding hydrogens is 335 g/mol. The minimum Gasteiger partial charge on any atom is -0.456 e. The second-order valence-corrected chi connectivity index (χ2v) is 5.24. The predicted molar refractivity (Wildman–Crippen MR) is 85.8 cm³/mol. The number of esters is 1. The Kier molecular flexibility index (Phi) is 6.16. The molecule has 0 saturated heterocycles. The number of amides is 1. The van der Waals surface area contributed by atoms with E-state index in [9.17, 15) is 22.8 Å². The molecule has 1 N–H and O–H groups in total. The van der Waals surface area contributed by atoms with Gasteiger partial charge in [-0.3, -0.25) is 9.59 Å². The Morgan fingerprint density at radius 2 is 1.60 bits per heavy atom. The fourth-order valence-corrected chi connectivity index (χ4v) is 2.13. The SMILES string of the molecule is O=C(COC(=O)CCc1ccccc1)Nc1ccccc1C(F)(F)F. The molecule has 7 heteroatoms. The van der Waals surface area contributed by atoms with Crippen molar-refractivity contribution in [3.8, 4) is 0 Å². The maximum Gasteiger partial charge on any atom is 0.418 e. The average molecular weight is 351 g/mol. The monoisotopic (exact) mass is 351 g/mol. The van der Waals surface area contributed by atoms with E-state index in [1.54, 1.807) is 0 Å². The number of ether oxygens (including phenoxy) is 1. The molecule has 0 aliphatic rings. The lowest BCUT2D eigenvalue weighted by molar-refractivity contribution is -0.147. The third-order valence-corrected chi connectivity index (χ3v) is 3.33. The van der Waals surface area contributed by atoms with Gasteiger partial charge in [-0.05, 0) is 24.1 Å². The molecule has 0 aliphatic heterocycles. The van der Waals surface area contributed by atoms with Crippen molar-refractivity contribution < 1.29 is 27.5 Å². The Bertz CT molecular complexity index is 730. The molecule has 2 aromatic carbocycles. The van der Waals surface area contributed by atoms with Crippen LogP contribution in [0.4, 0.5) is 18.9 Å². The van der Waals surface area contributed by atoms with Crippen molar-refractivity contribution in [1.82, 2.24) is 0 Å². The van der Waals surface area contributed by atoms with Crippen molar-refractivity contribution in [3.05, 3.63) is 65.7 Å². The Hall–Kier alpha value is -2.83. The molecule has 0 heterocycles. The molecule has 0 aliphatic carbocycles. The van der Waals surface area contributed by atoms with Gasteiger partial charge in [0.05, 0.1) is 11.3 Å². The number of rotatable bonds is 6. The molecule has 1 amide bonds. The van der Waals surface area contributed by atoms with Crippen molar-refractivity contribution in [2.45, 2.75) is 19.0 Å². The topological polar surface area (TPSA) is 55.4 Å². The molecule has 0 unspecified atom stereocenters. The summed E-state index contributed by atoms with van der Waals surface area (Å²) in [5, 5.41) is 2.11. The zero-order chi connectivity index (χ0) is 18.3. The first kappa shape index (κ1) is 18.5. The summed E-state index contributed by atoms with van der Waals surface area (Å²) in [6.45, 7) is -0.639. The van der Waals surface area contributed by atoms with Crippen LogP contribution in [0.1, 0.15) is 17.5 Å². The maximum atomic E-state index is 12.8. The number of carbonyl (C=O) groups excluding carboxylic acids is 2. The molecule has 0 aromatic heterocycles. The first-order valence-corrected chi connectivity index (χ1v) is 7.52. The molecule has 0 radical (unpaired) electrons. The summed E-state index contributed by atoms with van der Waals surface area (Å²) in [7, 11) is 0. The molecule has 132 valence electrons. The van der Waals surface area contributed by atoms with Crippen LogP contribution in [0, 0.1) is 0 Å². The fourth-order valence-electron chi connectivity index (χ4n) is 2.13. The van der Waals surface area contributed by atoms with Gasteiger partial charge in [0.25, 0.3) is 5.91 Å². The van der Waals surface area contributed by atoms with Crippen LogP contribution in [0.5, 0.6) is 0 Å². The Morgan fingerprint density at radius 1 is 0.960 bits per heavy atom. The van der Waals surface area contributed by atoms with E-state index in [0.717, 1.165) is 17.7 Å². The van der Waals surface area contributed by atoms with E-state index in [2.05, 4.69) is 5.32 Å². The summed E-state index contributed by atoms with van der Waals surface area (Å²) in [5.74, 6) is -1.42. The predicted octanol–water partition coefficient (Wildman–Crippen LogP) is 3.82. The minimum atomic E-state index is -4.59. The third-order valence-electron chi connectivity index (χ3n) is 3.33. The van der Waals surface area contributed by atoms with Crippen molar-refractivity contribution in [2.24, 2.45) is 0 Å². The number of anilines is 1. The van der Waals surface area contributed by atoms with E-state index < -0.39 is 30.2 Å². The van der Waals surface area contributed by atoms with E-state index in [1.165, 1.54) is 12.1 Å². The molecule has 2 aromatic rings. The van der Waals surface area contributed by atoms with Gasteiger partial charge in [-0.15, -0.1) is 0 Å². The van der Waals surface area contributed by atoms with Crippen LogP contribution in [-0.4, -0.2) is 18.5 Å². The number of halogens is 3. The van der Waals surface area contributed by atoms with Crippen LogP contribution in [-0.2, 0) is 26.9 Å². The Balaban J connectivity index is 1.82. The van der Waals surface area contributed by atoms with Gasteiger partial charge in [0.2, 0.25) is 0 Å². The van der Waals surface area contributed by atoms with Gasteiger partial charge in [-0.2, -0.15) is 13.2 Å². The summed E-state index contributed by atoms with van der Waals surface area (Å²) < 4.78 is 43.3. The van der Waals surface area contributed by atoms with Gasteiger partial charge in [0.15, 0.2) is 6.61 Å². The van der Waals surface area contributed by atoms with E-state index in [1.807, 2.05) is 30.3 Å². The lowest BCUT2D eigenvalue weighted by Gasteiger charge is -2.13. The zero-order valence-electron chi connectivity index (χ0n) is 13.2. The molecule has 4 nitrogen and oxygen atoms in total. The summed E-state index contributed by atoms with van der Waals surface area (Å²) in [5.41, 5.74) is -0.387. The fraction of sp³-hybridized carbons (Fsp3) is 0.222. The third kappa shape index (κ3) is 5.95. The van der Waals surface area contributed by atoms with Crippen molar-refractivity contribution in [1.29, 1.82) is 0 Å². The number of alkyl halides is 3. The lowest BCUT2D eigenvalue weighted by Crippen LogP contribution is -2.22. The smallest absolute Gasteiger partial charge is 0.418 e. The maximum absolute atomic E-state index is 12.8. The number of para-hydroxylation sites is 1. The zero-order valence-corrected chi connectivity index (χ0v) is 13.2. The van der Waals surface area contributed by atoms with Crippen molar-refractivity contribution in [3.63, 3.8) is 0 Å². The number of hydrogen-bond acceptors (Lipinski definition) is 3. The molecule has 0 spiro atoms. The second-order valence-electron chi connectivity index (χ2n) is 5.24. The molecule has 2 rings (SSSR count). The van der Waals surface area contributed by atoms with Gasteiger partial charge in [-0.25, -0.2) is 0 Å². The standard InChI is InChI=1S/C18H16F3NO3/c19-18(20,21)14-8-4-5-9-15(14)22-16(23)12-25-17(24)11-10-13-6-2-1-3-7-13/h1-9H,10-12H2,(H,22,23). The van der Waals surface area contributed by atoms with Crippen LogP contribution in [0.3, 0.4) is 0 Å². The number of nitrogens with one attached hydrogen (secondary N) is 1. The summed E-state index contributed by atoms with van der Waals surface area (Å²) in [6, 6.07) is 13.8. The quantitative estimate of drug-likeness (QED) is 0.805. The summed E-state index contributed by atoms with van der Waals surface area (Å²) >= 11 is 0. The second kappa shape index (κ2) is 8.32. The Labute approximate surface area is 142 Å². The molecular formula is C18H16F3NO3. The molecule has 0 bridgehead atoms. The van der Waals surface area contributed by atoms with Crippen LogP contribution in [0.2, 0.25) is 0 Å². The molecule has 0 atom stereocenters. The van der Waals surface area contributed by atoms with Gasteiger partial charge < -0.3 is 10.1 Å². The molecule has 25 heavy (non-hydrogen) atoms. The van der Waals surface area contributed by atoms with E-state index in [0.29, 0.717) is 6.42 Å². The number of hydrogen-bond donors (Lipinski definition) is 1. The summed E-state index contributed by atoms with van der Waals surface area (Å²) in [6.07, 6.45) is -4.05. The highest BCUT2D eigenvalue weighted by Crippen LogP contribution is 2.34. The van der Waals surface area contributed by atoms with Crippen LogP contribution < -0.4 is 5.32 Å². The average Bonchev–Trinajstić information content (AvgIpc) is 2.58. The number of carbonyl (C=O) groups is 2. The van der Waals surface area contributed by atoms with Gasteiger partial charge >= 0.3 is 12.1 Å². The van der Waals surface area contributed by atoms with Crippen LogP contribution in [0.15, 0.2) is 54.6 Å². The van der Waals surface area contributed by atoms with Gasteiger partial charge in [0, 0.05) is 6.42 Å². The number of aryl methyl sites for hydroxylation is 1. The van der Waals surface area contributed by atoms with Crippen molar-refractivity contribution in [2.75, 3.05) is 11.9 Å². The highest BCUT2D eigenvalue weighted by atomic mass is 19.4. The van der Waals surface area contributed by atoms with Crippen LogP contribution >= 0.6 is 0 Å². The van der Waals surface area contributed by atoms with Gasteiger partial charge in [0.1, 0.15) is 0 Å².